The van der Waals surface area contributed by atoms with Crippen LogP contribution in [0.15, 0.2) is 36.2 Å². The maximum absolute atomic E-state index is 12.2. The third-order valence-electron chi connectivity index (χ3n) is 4.47. The minimum atomic E-state index is 0.0431. The number of H-pyrrole nitrogens is 1. The van der Waals surface area contributed by atoms with Gasteiger partial charge in [0.1, 0.15) is 5.65 Å². The molecule has 3 heterocycles. The highest BCUT2D eigenvalue weighted by Crippen LogP contribution is 2.32. The highest BCUT2D eigenvalue weighted by molar-refractivity contribution is 5.80. The first-order chi connectivity index (χ1) is 11.1. The largest absolute Gasteiger partial charge is 0.346 e. The number of aromatic amines is 1. The molecule has 2 N–H and O–H groups in total. The molecule has 0 bridgehead atoms. The third kappa shape index (κ3) is 3.55. The minimum Gasteiger partial charge on any atom is -0.346 e. The van der Waals surface area contributed by atoms with E-state index in [0.717, 1.165) is 31.6 Å². The van der Waals surface area contributed by atoms with Crippen LogP contribution in [0, 0.1) is 0 Å². The molecule has 23 heavy (non-hydrogen) atoms. The molecule has 1 fully saturated rings. The topological polar surface area (TPSA) is 61.0 Å². The van der Waals surface area contributed by atoms with E-state index in [9.17, 15) is 4.79 Å². The van der Waals surface area contributed by atoms with E-state index >= 15 is 0 Å². The molecule has 0 aliphatic carbocycles. The Morgan fingerprint density at radius 1 is 1.43 bits per heavy atom. The van der Waals surface area contributed by atoms with Gasteiger partial charge in [-0.15, -0.1) is 0 Å². The number of nitrogens with one attached hydrogen (secondary N) is 2. The van der Waals surface area contributed by atoms with Gasteiger partial charge in [0.15, 0.2) is 0 Å². The summed E-state index contributed by atoms with van der Waals surface area (Å²) in [7, 11) is 0. The van der Waals surface area contributed by atoms with Crippen LogP contribution in [0.3, 0.4) is 0 Å². The monoisotopic (exact) mass is 312 g/mol. The zero-order valence-electron chi connectivity index (χ0n) is 13.8. The van der Waals surface area contributed by atoms with Crippen LogP contribution >= 0.6 is 0 Å². The second-order valence-electron chi connectivity index (χ2n) is 6.37. The van der Waals surface area contributed by atoms with Crippen molar-refractivity contribution in [3.8, 4) is 0 Å². The maximum atomic E-state index is 12.2. The Kier molecular flexibility index (Phi) is 4.65. The van der Waals surface area contributed by atoms with E-state index in [1.165, 1.54) is 16.5 Å². The van der Waals surface area contributed by atoms with E-state index in [-0.39, 0.29) is 6.03 Å². The summed E-state index contributed by atoms with van der Waals surface area (Å²) in [6.45, 7) is 6.28. The summed E-state index contributed by atoms with van der Waals surface area (Å²) in [5.41, 5.74) is 3.50. The zero-order valence-corrected chi connectivity index (χ0v) is 13.8. The molecule has 0 radical (unpaired) electrons. The number of piperidine rings is 1. The second kappa shape index (κ2) is 6.86. The lowest BCUT2D eigenvalue weighted by molar-refractivity contribution is 0.182. The third-order valence-corrected chi connectivity index (χ3v) is 4.47. The molecule has 5 nitrogen and oxygen atoms in total. The number of pyridine rings is 1. The molecule has 0 saturated carbocycles. The molecule has 3 rings (SSSR count). The van der Waals surface area contributed by atoms with Crippen LogP contribution in [0.1, 0.15) is 38.2 Å². The van der Waals surface area contributed by atoms with Gasteiger partial charge in [-0.05, 0) is 50.3 Å². The number of hydrogen-bond donors (Lipinski definition) is 2. The SMILES string of the molecule is CC(C)=CCNC(=O)N1CCC(c2c[nH]c3ncccc23)CC1. The van der Waals surface area contributed by atoms with Gasteiger partial charge < -0.3 is 15.2 Å². The van der Waals surface area contributed by atoms with Gasteiger partial charge in [0.25, 0.3) is 0 Å². The van der Waals surface area contributed by atoms with E-state index in [0.29, 0.717) is 12.5 Å². The number of rotatable bonds is 3. The van der Waals surface area contributed by atoms with Crippen LogP contribution in [-0.2, 0) is 0 Å². The average Bonchev–Trinajstić information content (AvgIpc) is 2.98. The maximum Gasteiger partial charge on any atom is 0.317 e. The van der Waals surface area contributed by atoms with Crippen LogP contribution in [0.5, 0.6) is 0 Å². The molecule has 1 saturated heterocycles. The second-order valence-corrected chi connectivity index (χ2v) is 6.37. The van der Waals surface area contributed by atoms with Crippen molar-refractivity contribution in [2.45, 2.75) is 32.6 Å². The number of allylic oxidation sites excluding steroid dienone is 1. The fraction of sp³-hybridized carbons (Fsp3) is 0.444. The van der Waals surface area contributed by atoms with Gasteiger partial charge in [-0.1, -0.05) is 11.6 Å². The highest BCUT2D eigenvalue weighted by Gasteiger charge is 2.25. The van der Waals surface area contributed by atoms with E-state index < -0.39 is 0 Å². The molecular weight excluding hydrogens is 288 g/mol. The molecule has 0 atom stereocenters. The Morgan fingerprint density at radius 3 is 2.96 bits per heavy atom. The average molecular weight is 312 g/mol. The first kappa shape index (κ1) is 15.6. The first-order valence-corrected chi connectivity index (χ1v) is 8.23. The predicted molar refractivity (Wildman–Crippen MR) is 92.5 cm³/mol. The van der Waals surface area contributed by atoms with Crippen LogP contribution in [0.4, 0.5) is 4.79 Å². The van der Waals surface area contributed by atoms with Gasteiger partial charge in [-0.25, -0.2) is 9.78 Å². The quantitative estimate of drug-likeness (QED) is 0.853. The van der Waals surface area contributed by atoms with Gasteiger partial charge in [0, 0.05) is 37.4 Å². The van der Waals surface area contributed by atoms with Gasteiger partial charge in [-0.2, -0.15) is 0 Å². The number of fused-ring (bicyclic) bond motifs is 1. The van der Waals surface area contributed by atoms with Crippen molar-refractivity contribution in [3.05, 3.63) is 41.7 Å². The Balaban J connectivity index is 1.58. The van der Waals surface area contributed by atoms with Gasteiger partial charge in [-0.3, -0.25) is 0 Å². The van der Waals surface area contributed by atoms with Gasteiger partial charge in [0.2, 0.25) is 0 Å². The Morgan fingerprint density at radius 2 is 2.22 bits per heavy atom. The van der Waals surface area contributed by atoms with Gasteiger partial charge in [0.05, 0.1) is 0 Å². The summed E-state index contributed by atoms with van der Waals surface area (Å²) < 4.78 is 0. The lowest BCUT2D eigenvalue weighted by Crippen LogP contribution is -2.44. The van der Waals surface area contributed by atoms with Crippen molar-refractivity contribution in [1.82, 2.24) is 20.2 Å². The number of hydrogen-bond acceptors (Lipinski definition) is 2. The lowest BCUT2D eigenvalue weighted by atomic mass is 9.89. The molecule has 1 aliphatic rings. The number of aromatic nitrogens is 2. The molecule has 122 valence electrons. The van der Waals surface area contributed by atoms with Crippen LogP contribution < -0.4 is 5.32 Å². The van der Waals surface area contributed by atoms with Crippen molar-refractivity contribution in [2.75, 3.05) is 19.6 Å². The van der Waals surface area contributed by atoms with E-state index in [2.05, 4.69) is 27.5 Å². The number of urea groups is 1. The number of carbonyl (C=O) groups is 1. The Labute approximate surface area is 136 Å². The standard InChI is InChI=1S/C18H24N4O/c1-13(2)5-9-20-18(23)22-10-6-14(7-11-22)16-12-21-17-15(16)4-3-8-19-17/h3-5,8,12,14H,6-7,9-11H2,1-2H3,(H,19,21)(H,20,23). The summed E-state index contributed by atoms with van der Waals surface area (Å²) in [6, 6.07) is 4.14. The Hall–Kier alpha value is -2.30. The molecule has 2 aromatic rings. The van der Waals surface area contributed by atoms with E-state index in [1.807, 2.05) is 37.1 Å². The van der Waals surface area contributed by atoms with Crippen molar-refractivity contribution in [1.29, 1.82) is 0 Å². The zero-order chi connectivity index (χ0) is 16.2. The summed E-state index contributed by atoms with van der Waals surface area (Å²) >= 11 is 0. The smallest absolute Gasteiger partial charge is 0.317 e. The van der Waals surface area contributed by atoms with Crippen molar-refractivity contribution < 1.29 is 4.79 Å². The summed E-state index contributed by atoms with van der Waals surface area (Å²) in [6.07, 6.45) is 7.91. The van der Waals surface area contributed by atoms with Crippen molar-refractivity contribution in [3.63, 3.8) is 0 Å². The lowest BCUT2D eigenvalue weighted by Gasteiger charge is -2.31. The number of likely N-dealkylation sites (tertiary alicyclic amines) is 1. The van der Waals surface area contributed by atoms with Crippen molar-refractivity contribution >= 4 is 17.1 Å². The highest BCUT2D eigenvalue weighted by atomic mass is 16.2. The summed E-state index contributed by atoms with van der Waals surface area (Å²) in [5, 5.41) is 4.16. The van der Waals surface area contributed by atoms with Crippen LogP contribution in [-0.4, -0.2) is 40.5 Å². The minimum absolute atomic E-state index is 0.0431. The van der Waals surface area contributed by atoms with Crippen LogP contribution in [0.25, 0.3) is 11.0 Å². The van der Waals surface area contributed by atoms with E-state index in [1.54, 1.807) is 0 Å². The van der Waals surface area contributed by atoms with Gasteiger partial charge >= 0.3 is 6.03 Å². The first-order valence-electron chi connectivity index (χ1n) is 8.23. The number of carbonyl (C=O) groups excluding carboxylic acids is 1. The summed E-state index contributed by atoms with van der Waals surface area (Å²) in [5.74, 6) is 0.495. The number of amides is 2. The fourth-order valence-corrected chi connectivity index (χ4v) is 3.16. The number of nitrogens with zero attached hydrogens (tertiary/aromatic N) is 2. The predicted octanol–water partition coefficient (Wildman–Crippen LogP) is 3.42. The van der Waals surface area contributed by atoms with E-state index in [4.69, 9.17) is 0 Å². The summed E-state index contributed by atoms with van der Waals surface area (Å²) in [4.78, 5) is 21.7. The normalized spacial score (nSPS) is 15.7. The molecular formula is C18H24N4O. The molecule has 2 amide bonds. The van der Waals surface area contributed by atoms with Crippen LogP contribution in [0.2, 0.25) is 0 Å². The molecule has 1 aliphatic heterocycles. The van der Waals surface area contributed by atoms with Crippen molar-refractivity contribution in [2.24, 2.45) is 0 Å². The molecule has 0 aromatic carbocycles. The molecule has 0 unspecified atom stereocenters. The molecule has 5 heteroatoms. The Bertz CT molecular complexity index is 707. The molecule has 2 aromatic heterocycles. The fourth-order valence-electron chi connectivity index (χ4n) is 3.16. The molecule has 0 spiro atoms.